The van der Waals surface area contributed by atoms with Gasteiger partial charge < -0.3 is 14.8 Å². The maximum atomic E-state index is 13.0. The largest absolute Gasteiger partial charge is 0.493 e. The minimum Gasteiger partial charge on any atom is -0.493 e. The van der Waals surface area contributed by atoms with E-state index in [1.807, 2.05) is 27.7 Å². The van der Waals surface area contributed by atoms with E-state index >= 15 is 0 Å². The van der Waals surface area contributed by atoms with E-state index in [1.165, 1.54) is 43.1 Å². The molecule has 1 aliphatic rings. The van der Waals surface area contributed by atoms with Crippen LogP contribution in [0.4, 0.5) is 10.1 Å². The first-order chi connectivity index (χ1) is 16.6. The third-order valence-electron chi connectivity index (χ3n) is 4.75. The Hall–Kier alpha value is -3.04. The van der Waals surface area contributed by atoms with Gasteiger partial charge in [-0.15, -0.1) is 0 Å². The minimum absolute atomic E-state index is 0.0339. The Morgan fingerprint density at radius 3 is 2.51 bits per heavy atom. The number of halogens is 2. The van der Waals surface area contributed by atoms with Gasteiger partial charge in [0.05, 0.1) is 17.0 Å². The number of aliphatic imine (C=N–C) groups is 1. The number of nitrogens with zero attached hydrogens (tertiary/aromatic N) is 2. The summed E-state index contributed by atoms with van der Waals surface area (Å²) in [6, 6.07) is 8.72. The zero-order chi connectivity index (χ0) is 25.7. The summed E-state index contributed by atoms with van der Waals surface area (Å²) in [6.07, 6.45) is 1.73. The van der Waals surface area contributed by atoms with Crippen LogP contribution in [0.25, 0.3) is 6.08 Å². The molecule has 186 valence electrons. The highest BCUT2D eigenvalue weighted by Crippen LogP contribution is 2.39. The van der Waals surface area contributed by atoms with Crippen LogP contribution in [0.3, 0.4) is 0 Å². The highest BCUT2D eigenvalue weighted by atomic mass is 35.5. The number of thioether (sulfide) groups is 1. The maximum Gasteiger partial charge on any atom is 0.266 e. The molecule has 1 aliphatic heterocycles. The molecule has 1 N–H and O–H groups in total. The average Bonchev–Trinajstić information content (AvgIpc) is 3.08. The third-order valence-corrected chi connectivity index (χ3v) is 6.02. The van der Waals surface area contributed by atoms with Crippen LogP contribution >= 0.6 is 23.4 Å². The van der Waals surface area contributed by atoms with Gasteiger partial charge in [0.1, 0.15) is 5.82 Å². The average molecular weight is 520 g/mol. The first kappa shape index (κ1) is 26.6. The minimum atomic E-state index is -0.445. The predicted octanol–water partition coefficient (Wildman–Crippen LogP) is 5.59. The van der Waals surface area contributed by atoms with Gasteiger partial charge in [-0.05, 0) is 87.5 Å². The summed E-state index contributed by atoms with van der Waals surface area (Å²) < 4.78 is 24.1. The Morgan fingerprint density at radius 2 is 1.91 bits per heavy atom. The fourth-order valence-electron chi connectivity index (χ4n) is 3.24. The number of nitrogens with one attached hydrogen (secondary N) is 1. The fourth-order valence-corrected chi connectivity index (χ4v) is 4.74. The summed E-state index contributed by atoms with van der Waals surface area (Å²) in [6.45, 7) is 7.47. The van der Waals surface area contributed by atoms with Gasteiger partial charge in [0, 0.05) is 17.8 Å². The van der Waals surface area contributed by atoms with E-state index in [0.29, 0.717) is 27.1 Å². The number of amides is 2. The van der Waals surface area contributed by atoms with E-state index in [1.54, 1.807) is 23.1 Å². The van der Waals surface area contributed by atoms with Crippen molar-refractivity contribution < 1.29 is 23.5 Å². The molecule has 0 aromatic heterocycles. The van der Waals surface area contributed by atoms with Crippen molar-refractivity contribution in [2.45, 2.75) is 39.8 Å². The van der Waals surface area contributed by atoms with Crippen LogP contribution in [0.1, 0.15) is 33.3 Å². The molecule has 1 heterocycles. The van der Waals surface area contributed by atoms with Crippen molar-refractivity contribution in [2.24, 2.45) is 4.99 Å². The molecule has 0 bridgehead atoms. The van der Waals surface area contributed by atoms with Gasteiger partial charge in [-0.1, -0.05) is 11.6 Å². The van der Waals surface area contributed by atoms with Crippen molar-refractivity contribution in [3.8, 4) is 11.5 Å². The van der Waals surface area contributed by atoms with Crippen LogP contribution in [-0.2, 0) is 9.59 Å². The zero-order valence-electron chi connectivity index (χ0n) is 20.1. The lowest BCUT2D eigenvalue weighted by Crippen LogP contribution is -2.35. The Labute approximate surface area is 213 Å². The fraction of sp³-hybridized carbons (Fsp3) is 0.320. The molecule has 7 nitrogen and oxygen atoms in total. The highest BCUT2D eigenvalue weighted by Gasteiger charge is 2.35. The molecule has 3 rings (SSSR count). The van der Waals surface area contributed by atoms with Crippen LogP contribution in [0.2, 0.25) is 5.02 Å². The lowest BCUT2D eigenvalue weighted by Gasteiger charge is -2.20. The van der Waals surface area contributed by atoms with Crippen LogP contribution in [0, 0.1) is 5.82 Å². The number of ether oxygens (including phenoxy) is 2. The quantitative estimate of drug-likeness (QED) is 0.459. The number of anilines is 1. The molecular weight excluding hydrogens is 493 g/mol. The predicted molar refractivity (Wildman–Crippen MR) is 139 cm³/mol. The van der Waals surface area contributed by atoms with Gasteiger partial charge in [0.2, 0.25) is 0 Å². The molecule has 2 amide bonds. The summed E-state index contributed by atoms with van der Waals surface area (Å²) in [5.41, 5.74) is 1.08. The number of benzene rings is 2. The van der Waals surface area contributed by atoms with E-state index < -0.39 is 11.7 Å². The summed E-state index contributed by atoms with van der Waals surface area (Å²) in [5, 5.41) is 3.50. The van der Waals surface area contributed by atoms with E-state index in [0.717, 1.165) is 0 Å². The number of rotatable bonds is 8. The number of carbonyl (C=O) groups excluding carboxylic acids is 2. The van der Waals surface area contributed by atoms with Crippen LogP contribution in [-0.4, -0.2) is 47.7 Å². The number of carbonyl (C=O) groups is 2. The van der Waals surface area contributed by atoms with E-state index in [4.69, 9.17) is 21.1 Å². The summed E-state index contributed by atoms with van der Waals surface area (Å²) in [5.74, 6) is -0.464. The SMILES string of the molecule is COc1cc(/C=C2/SC(=NC(C)C)N(C(C)C)C2=O)cc(Cl)c1OCC(=O)Nc1ccc(F)cc1. The Bertz CT molecular complexity index is 1170. The molecule has 0 aliphatic carbocycles. The molecule has 0 atom stereocenters. The zero-order valence-corrected chi connectivity index (χ0v) is 21.7. The summed E-state index contributed by atoms with van der Waals surface area (Å²) in [7, 11) is 1.46. The molecular formula is C25H27ClFN3O4S. The lowest BCUT2D eigenvalue weighted by atomic mass is 10.1. The van der Waals surface area contributed by atoms with E-state index in [2.05, 4.69) is 10.3 Å². The molecule has 0 spiro atoms. The van der Waals surface area contributed by atoms with Crippen molar-refractivity contribution >= 4 is 52.1 Å². The molecule has 1 saturated heterocycles. The molecule has 10 heteroatoms. The first-order valence-corrected chi connectivity index (χ1v) is 12.1. The first-order valence-electron chi connectivity index (χ1n) is 11.0. The topological polar surface area (TPSA) is 80.2 Å². The van der Waals surface area contributed by atoms with Crippen molar-refractivity contribution in [3.63, 3.8) is 0 Å². The molecule has 0 radical (unpaired) electrons. The smallest absolute Gasteiger partial charge is 0.266 e. The van der Waals surface area contributed by atoms with Gasteiger partial charge in [-0.25, -0.2) is 4.39 Å². The van der Waals surface area contributed by atoms with Gasteiger partial charge >= 0.3 is 0 Å². The Kier molecular flexibility index (Phi) is 8.80. The van der Waals surface area contributed by atoms with Crippen LogP contribution < -0.4 is 14.8 Å². The van der Waals surface area contributed by atoms with Crippen molar-refractivity contribution in [1.29, 1.82) is 0 Å². The molecule has 35 heavy (non-hydrogen) atoms. The number of amidine groups is 1. The molecule has 1 fully saturated rings. The van der Waals surface area contributed by atoms with Gasteiger partial charge in [-0.2, -0.15) is 0 Å². The normalized spacial score (nSPS) is 16.0. The standard InChI is InChI=1S/C25H27ClFN3O4S/c1-14(2)28-25-30(15(3)4)24(32)21(35-25)12-16-10-19(26)23(20(11-16)33-5)34-13-22(31)29-18-8-6-17(27)7-9-18/h6-12,14-15H,13H2,1-5H3,(H,29,31)/b21-12+,28-25?. The van der Waals surface area contributed by atoms with Gasteiger partial charge in [-0.3, -0.25) is 19.5 Å². The number of methoxy groups -OCH3 is 1. The molecule has 0 saturated carbocycles. The summed E-state index contributed by atoms with van der Waals surface area (Å²) in [4.78, 5) is 32.0. The second kappa shape index (κ2) is 11.6. The Morgan fingerprint density at radius 1 is 1.23 bits per heavy atom. The second-order valence-corrected chi connectivity index (χ2v) is 9.68. The van der Waals surface area contributed by atoms with Gasteiger partial charge in [0.25, 0.3) is 11.8 Å². The van der Waals surface area contributed by atoms with E-state index in [9.17, 15) is 14.0 Å². The molecule has 0 unspecified atom stereocenters. The molecule has 2 aromatic rings. The number of hydrogen-bond acceptors (Lipinski definition) is 6. The Balaban J connectivity index is 1.78. The van der Waals surface area contributed by atoms with Crippen LogP contribution in [0.5, 0.6) is 11.5 Å². The van der Waals surface area contributed by atoms with Gasteiger partial charge in [0.15, 0.2) is 23.3 Å². The molecule has 2 aromatic carbocycles. The van der Waals surface area contributed by atoms with Crippen LogP contribution in [0.15, 0.2) is 46.3 Å². The third kappa shape index (κ3) is 6.76. The summed E-state index contributed by atoms with van der Waals surface area (Å²) >= 11 is 7.75. The second-order valence-electron chi connectivity index (χ2n) is 8.26. The number of hydrogen-bond donors (Lipinski definition) is 1. The monoisotopic (exact) mass is 519 g/mol. The van der Waals surface area contributed by atoms with E-state index in [-0.39, 0.29) is 35.4 Å². The van der Waals surface area contributed by atoms with Crippen molar-refractivity contribution in [1.82, 2.24) is 4.90 Å². The van der Waals surface area contributed by atoms with Crippen molar-refractivity contribution in [3.05, 3.63) is 57.7 Å². The lowest BCUT2D eigenvalue weighted by molar-refractivity contribution is -0.123. The highest BCUT2D eigenvalue weighted by molar-refractivity contribution is 8.18. The maximum absolute atomic E-state index is 13.0. The van der Waals surface area contributed by atoms with Crippen molar-refractivity contribution in [2.75, 3.05) is 19.0 Å².